The van der Waals surface area contributed by atoms with Crippen LogP contribution in [0.4, 0.5) is 0 Å². The van der Waals surface area contributed by atoms with Crippen LogP contribution in [0.3, 0.4) is 0 Å². The van der Waals surface area contributed by atoms with Crippen molar-refractivity contribution in [1.29, 1.82) is 0 Å². The second-order valence-corrected chi connectivity index (χ2v) is 5.32. The molecule has 2 rings (SSSR count). The molecule has 1 aromatic heterocycles. The molecule has 0 spiro atoms. The number of carbonyl (C=O) groups is 2. The summed E-state index contributed by atoms with van der Waals surface area (Å²) < 4.78 is 7.68. The van der Waals surface area contributed by atoms with E-state index in [1.165, 1.54) is 6.20 Å². The average molecular weight is 273 g/mol. The number of aromatic nitrogens is 2. The number of carboxylic acids is 1. The van der Waals surface area contributed by atoms with Crippen molar-refractivity contribution >= 4 is 35.4 Å². The zero-order valence-electron chi connectivity index (χ0n) is 8.90. The van der Waals surface area contributed by atoms with Crippen LogP contribution in [-0.2, 0) is 4.79 Å². The molecule has 1 aliphatic heterocycles. The Kier molecular flexibility index (Phi) is 3.95. The van der Waals surface area contributed by atoms with Gasteiger partial charge in [0.15, 0.2) is 5.69 Å². The Balaban J connectivity index is 2.10. The first-order chi connectivity index (χ1) is 8.18. The van der Waals surface area contributed by atoms with E-state index < -0.39 is 5.97 Å². The molecule has 1 N–H and O–H groups in total. The summed E-state index contributed by atoms with van der Waals surface area (Å²) >= 11 is 2.65. The van der Waals surface area contributed by atoms with Crippen LogP contribution >= 0.6 is 23.5 Å². The summed E-state index contributed by atoms with van der Waals surface area (Å²) in [5, 5.41) is 8.82. The lowest BCUT2D eigenvalue weighted by atomic mass is 10.2. The van der Waals surface area contributed by atoms with E-state index in [0.29, 0.717) is 18.0 Å². The van der Waals surface area contributed by atoms with Gasteiger partial charge < -0.3 is 10.0 Å². The van der Waals surface area contributed by atoms with E-state index in [1.807, 2.05) is 0 Å². The molecule has 1 aromatic rings. The van der Waals surface area contributed by atoms with Crippen LogP contribution in [0.1, 0.15) is 16.9 Å². The van der Waals surface area contributed by atoms with Crippen LogP contribution in [0.25, 0.3) is 0 Å². The molecule has 6 nitrogen and oxygen atoms in total. The predicted octanol–water partition coefficient (Wildman–Crippen LogP) is 0.570. The van der Waals surface area contributed by atoms with E-state index in [-0.39, 0.29) is 18.4 Å². The minimum atomic E-state index is -0.883. The van der Waals surface area contributed by atoms with Gasteiger partial charge >= 0.3 is 5.97 Å². The van der Waals surface area contributed by atoms with Crippen molar-refractivity contribution in [2.45, 2.75) is 12.5 Å². The molecule has 0 aliphatic carbocycles. The maximum atomic E-state index is 12.1. The Morgan fingerprint density at radius 1 is 1.59 bits per heavy atom. The van der Waals surface area contributed by atoms with E-state index in [2.05, 4.69) is 8.75 Å². The monoisotopic (exact) mass is 273 g/mol. The molecular weight excluding hydrogens is 262 g/mol. The minimum absolute atomic E-state index is 0.0176. The molecule has 1 saturated heterocycles. The van der Waals surface area contributed by atoms with Crippen LogP contribution < -0.4 is 0 Å². The molecule has 0 bridgehead atoms. The van der Waals surface area contributed by atoms with E-state index in [1.54, 1.807) is 16.7 Å². The fourth-order valence-electron chi connectivity index (χ4n) is 1.70. The smallest absolute Gasteiger partial charge is 0.305 e. The molecular formula is C9H11N3O3S2. The molecule has 2 heterocycles. The summed E-state index contributed by atoms with van der Waals surface area (Å²) in [5.74, 6) is 0.395. The quantitative estimate of drug-likeness (QED) is 0.867. The highest BCUT2D eigenvalue weighted by molar-refractivity contribution is 7.99. The second kappa shape index (κ2) is 5.46. The zero-order chi connectivity index (χ0) is 12.3. The number of carboxylic acid groups (broad SMARTS) is 1. The Morgan fingerprint density at radius 3 is 3.06 bits per heavy atom. The summed E-state index contributed by atoms with van der Waals surface area (Å²) in [7, 11) is 0. The highest BCUT2D eigenvalue weighted by Crippen LogP contribution is 2.20. The van der Waals surface area contributed by atoms with Crippen LogP contribution in [-0.4, -0.2) is 54.7 Å². The Morgan fingerprint density at radius 2 is 2.41 bits per heavy atom. The molecule has 1 amide bonds. The lowest BCUT2D eigenvalue weighted by Gasteiger charge is -2.34. The van der Waals surface area contributed by atoms with Gasteiger partial charge in [0.05, 0.1) is 30.4 Å². The van der Waals surface area contributed by atoms with Gasteiger partial charge in [-0.1, -0.05) is 0 Å². The van der Waals surface area contributed by atoms with Gasteiger partial charge in [-0.3, -0.25) is 9.59 Å². The maximum absolute atomic E-state index is 12.1. The fourth-order valence-corrected chi connectivity index (χ4v) is 3.17. The number of nitrogens with zero attached hydrogens (tertiary/aromatic N) is 3. The number of rotatable bonds is 3. The highest BCUT2D eigenvalue weighted by Gasteiger charge is 2.30. The molecule has 17 heavy (non-hydrogen) atoms. The van der Waals surface area contributed by atoms with Crippen molar-refractivity contribution in [2.24, 2.45) is 0 Å². The van der Waals surface area contributed by atoms with Crippen molar-refractivity contribution in [3.05, 3.63) is 11.9 Å². The fraction of sp³-hybridized carbons (Fsp3) is 0.556. The Hall–Kier alpha value is -1.15. The normalized spacial score (nSPS) is 20.2. The number of aliphatic carboxylic acids is 1. The molecule has 1 atom stereocenters. The zero-order valence-corrected chi connectivity index (χ0v) is 10.5. The van der Waals surface area contributed by atoms with E-state index in [9.17, 15) is 9.59 Å². The van der Waals surface area contributed by atoms with Crippen molar-refractivity contribution in [1.82, 2.24) is 13.6 Å². The van der Waals surface area contributed by atoms with Crippen LogP contribution in [0.5, 0.6) is 0 Å². The number of thioether (sulfide) groups is 1. The maximum Gasteiger partial charge on any atom is 0.305 e. The summed E-state index contributed by atoms with van der Waals surface area (Å²) in [4.78, 5) is 24.4. The number of carbonyl (C=O) groups excluding carboxylic acids is 1. The van der Waals surface area contributed by atoms with E-state index in [4.69, 9.17) is 5.11 Å². The molecule has 0 radical (unpaired) electrons. The van der Waals surface area contributed by atoms with Gasteiger partial charge in [-0.05, 0) is 0 Å². The Bertz CT molecular complexity index is 410. The van der Waals surface area contributed by atoms with Gasteiger partial charge in [0.2, 0.25) is 0 Å². The number of amides is 1. The van der Waals surface area contributed by atoms with Crippen molar-refractivity contribution in [3.8, 4) is 0 Å². The summed E-state index contributed by atoms with van der Waals surface area (Å²) in [6, 6.07) is -0.250. The van der Waals surface area contributed by atoms with E-state index >= 15 is 0 Å². The third kappa shape index (κ3) is 2.95. The average Bonchev–Trinajstić information content (AvgIpc) is 2.81. The lowest BCUT2D eigenvalue weighted by Crippen LogP contribution is -2.47. The van der Waals surface area contributed by atoms with Gasteiger partial charge in [-0.2, -0.15) is 20.5 Å². The van der Waals surface area contributed by atoms with Crippen molar-refractivity contribution < 1.29 is 14.7 Å². The lowest BCUT2D eigenvalue weighted by molar-refractivity contribution is -0.138. The third-order valence-corrected chi connectivity index (χ3v) is 4.05. The van der Waals surface area contributed by atoms with Gasteiger partial charge in [-0.25, -0.2) is 0 Å². The summed E-state index contributed by atoms with van der Waals surface area (Å²) in [6.45, 7) is 0.568. The van der Waals surface area contributed by atoms with Crippen LogP contribution in [0.15, 0.2) is 6.20 Å². The Labute approximate surface area is 106 Å². The first-order valence-electron chi connectivity index (χ1n) is 5.06. The molecule has 8 heteroatoms. The largest absolute Gasteiger partial charge is 0.481 e. The number of hydrogen-bond donors (Lipinski definition) is 1. The topological polar surface area (TPSA) is 83.4 Å². The first kappa shape index (κ1) is 12.3. The molecule has 92 valence electrons. The third-order valence-electron chi connectivity index (χ3n) is 2.48. The van der Waals surface area contributed by atoms with Gasteiger partial charge in [0, 0.05) is 18.1 Å². The predicted molar refractivity (Wildman–Crippen MR) is 64.3 cm³/mol. The highest BCUT2D eigenvalue weighted by atomic mass is 32.2. The first-order valence-corrected chi connectivity index (χ1v) is 6.95. The van der Waals surface area contributed by atoms with E-state index in [0.717, 1.165) is 17.5 Å². The molecule has 0 saturated carbocycles. The second-order valence-electron chi connectivity index (χ2n) is 3.62. The standard InChI is InChI=1S/C9H11N3O3S2/c13-8(14)3-6-5-16-2-1-12(6)9(15)7-4-10-17-11-7/h4,6H,1-3,5H2,(H,13,14). The number of hydrogen-bond acceptors (Lipinski definition) is 6. The van der Waals surface area contributed by atoms with Crippen molar-refractivity contribution in [2.75, 3.05) is 18.1 Å². The molecule has 0 aromatic carbocycles. The SMILES string of the molecule is O=C(O)CC1CSCCN1C(=O)c1cnsn1. The molecule has 1 unspecified atom stereocenters. The van der Waals surface area contributed by atoms with Gasteiger partial charge in [0.25, 0.3) is 5.91 Å². The summed E-state index contributed by atoms with van der Waals surface area (Å²) in [6.07, 6.45) is 1.41. The van der Waals surface area contributed by atoms with Gasteiger partial charge in [-0.15, -0.1) is 0 Å². The minimum Gasteiger partial charge on any atom is -0.481 e. The van der Waals surface area contributed by atoms with Gasteiger partial charge in [0.1, 0.15) is 0 Å². The van der Waals surface area contributed by atoms with Crippen LogP contribution in [0, 0.1) is 0 Å². The van der Waals surface area contributed by atoms with Crippen molar-refractivity contribution in [3.63, 3.8) is 0 Å². The van der Waals surface area contributed by atoms with Crippen LogP contribution in [0.2, 0.25) is 0 Å². The summed E-state index contributed by atoms with van der Waals surface area (Å²) in [5.41, 5.74) is 0.303. The molecule has 1 aliphatic rings. The molecule has 1 fully saturated rings.